The summed E-state index contributed by atoms with van der Waals surface area (Å²) in [6.45, 7) is 0.951. The maximum Gasteiger partial charge on any atom is 0.320 e. The summed E-state index contributed by atoms with van der Waals surface area (Å²) in [7, 11) is 0. The molecule has 0 spiro atoms. The number of rotatable bonds is 2. The molecule has 2 aliphatic rings. The van der Waals surface area contributed by atoms with Crippen LogP contribution in [0.5, 0.6) is 0 Å². The SMILES string of the molecule is NC(=O)C1CCCCN1C(=O)N1CC(C(=O)O)C1. The van der Waals surface area contributed by atoms with Crippen LogP contribution in [-0.4, -0.2) is 58.5 Å². The van der Waals surface area contributed by atoms with Crippen molar-refractivity contribution in [2.75, 3.05) is 19.6 Å². The molecule has 0 aromatic carbocycles. The predicted molar refractivity (Wildman–Crippen MR) is 61.6 cm³/mol. The van der Waals surface area contributed by atoms with Gasteiger partial charge < -0.3 is 20.6 Å². The lowest BCUT2D eigenvalue weighted by Gasteiger charge is -2.43. The number of primary amides is 1. The molecule has 2 fully saturated rings. The van der Waals surface area contributed by atoms with Gasteiger partial charge in [0.25, 0.3) is 0 Å². The second-order valence-corrected chi connectivity index (χ2v) is 4.83. The summed E-state index contributed by atoms with van der Waals surface area (Å²) in [5.41, 5.74) is 5.29. The number of carbonyl (C=O) groups excluding carboxylic acids is 2. The third-order valence-corrected chi connectivity index (χ3v) is 3.58. The van der Waals surface area contributed by atoms with Crippen LogP contribution in [0.1, 0.15) is 19.3 Å². The van der Waals surface area contributed by atoms with Crippen molar-refractivity contribution in [1.29, 1.82) is 0 Å². The summed E-state index contributed by atoms with van der Waals surface area (Å²) in [4.78, 5) is 37.0. The summed E-state index contributed by atoms with van der Waals surface area (Å²) >= 11 is 0. The number of nitrogens with zero attached hydrogens (tertiary/aromatic N) is 2. The first-order valence-corrected chi connectivity index (χ1v) is 6.08. The molecule has 18 heavy (non-hydrogen) atoms. The summed E-state index contributed by atoms with van der Waals surface area (Å²) < 4.78 is 0. The molecule has 2 aliphatic heterocycles. The summed E-state index contributed by atoms with van der Waals surface area (Å²) in [6.07, 6.45) is 2.33. The van der Waals surface area contributed by atoms with Crippen LogP contribution in [-0.2, 0) is 9.59 Å². The number of piperidine rings is 1. The molecule has 3 amide bonds. The van der Waals surface area contributed by atoms with E-state index in [4.69, 9.17) is 10.8 Å². The normalized spacial score (nSPS) is 24.6. The van der Waals surface area contributed by atoms with E-state index in [-0.39, 0.29) is 19.1 Å². The average Bonchev–Trinajstić information content (AvgIpc) is 2.26. The van der Waals surface area contributed by atoms with Crippen molar-refractivity contribution in [1.82, 2.24) is 9.80 Å². The van der Waals surface area contributed by atoms with Gasteiger partial charge in [-0.3, -0.25) is 9.59 Å². The Balaban J connectivity index is 1.96. The number of aliphatic carboxylic acids is 1. The summed E-state index contributed by atoms with van der Waals surface area (Å²) in [5.74, 6) is -1.85. The number of carbonyl (C=O) groups is 3. The molecule has 1 atom stereocenters. The molecule has 7 nitrogen and oxygen atoms in total. The van der Waals surface area contributed by atoms with Crippen LogP contribution >= 0.6 is 0 Å². The van der Waals surface area contributed by atoms with Crippen molar-refractivity contribution < 1.29 is 19.5 Å². The van der Waals surface area contributed by atoms with Gasteiger partial charge in [0.2, 0.25) is 5.91 Å². The van der Waals surface area contributed by atoms with E-state index in [0.29, 0.717) is 13.0 Å². The molecular formula is C11H17N3O4. The second-order valence-electron chi connectivity index (χ2n) is 4.83. The van der Waals surface area contributed by atoms with Gasteiger partial charge in [-0.1, -0.05) is 0 Å². The topological polar surface area (TPSA) is 104 Å². The molecule has 0 aromatic heterocycles. The summed E-state index contributed by atoms with van der Waals surface area (Å²) in [6, 6.07) is -0.814. The molecule has 0 bridgehead atoms. The first-order chi connectivity index (χ1) is 8.50. The number of urea groups is 1. The van der Waals surface area contributed by atoms with Crippen molar-refractivity contribution >= 4 is 17.9 Å². The smallest absolute Gasteiger partial charge is 0.320 e. The fourth-order valence-corrected chi connectivity index (χ4v) is 2.43. The minimum Gasteiger partial charge on any atom is -0.481 e. The van der Waals surface area contributed by atoms with E-state index in [2.05, 4.69) is 0 Å². The average molecular weight is 255 g/mol. The van der Waals surface area contributed by atoms with E-state index < -0.39 is 23.8 Å². The van der Waals surface area contributed by atoms with E-state index >= 15 is 0 Å². The number of nitrogens with two attached hydrogens (primary N) is 1. The van der Waals surface area contributed by atoms with Crippen LogP contribution in [0, 0.1) is 5.92 Å². The van der Waals surface area contributed by atoms with Gasteiger partial charge in [0.1, 0.15) is 6.04 Å². The molecule has 7 heteroatoms. The van der Waals surface area contributed by atoms with Gasteiger partial charge in [-0.25, -0.2) is 4.79 Å². The van der Waals surface area contributed by atoms with Crippen LogP contribution in [0.15, 0.2) is 0 Å². The summed E-state index contributed by atoms with van der Waals surface area (Å²) in [5, 5.41) is 8.76. The lowest BCUT2D eigenvalue weighted by atomic mass is 9.99. The minimum absolute atomic E-state index is 0.218. The highest BCUT2D eigenvalue weighted by Gasteiger charge is 2.40. The quantitative estimate of drug-likeness (QED) is 0.691. The van der Waals surface area contributed by atoms with E-state index in [9.17, 15) is 14.4 Å². The lowest BCUT2D eigenvalue weighted by molar-refractivity contribution is -0.146. The fourth-order valence-electron chi connectivity index (χ4n) is 2.43. The Bertz CT molecular complexity index is 378. The van der Waals surface area contributed by atoms with Crippen molar-refractivity contribution in [2.24, 2.45) is 11.7 Å². The van der Waals surface area contributed by atoms with Crippen LogP contribution in [0.2, 0.25) is 0 Å². The Hall–Kier alpha value is -1.79. The van der Waals surface area contributed by atoms with Crippen LogP contribution in [0.3, 0.4) is 0 Å². The molecular weight excluding hydrogens is 238 g/mol. The molecule has 100 valence electrons. The molecule has 0 radical (unpaired) electrons. The zero-order valence-electron chi connectivity index (χ0n) is 10.0. The number of carboxylic acids is 1. The Morgan fingerprint density at radius 3 is 2.39 bits per heavy atom. The highest BCUT2D eigenvalue weighted by atomic mass is 16.4. The number of hydrogen-bond acceptors (Lipinski definition) is 3. The van der Waals surface area contributed by atoms with E-state index in [1.807, 2.05) is 0 Å². The Kier molecular flexibility index (Phi) is 3.40. The first kappa shape index (κ1) is 12.7. The van der Waals surface area contributed by atoms with Crippen molar-refractivity contribution in [2.45, 2.75) is 25.3 Å². The fraction of sp³-hybridized carbons (Fsp3) is 0.727. The molecule has 0 aromatic rings. The van der Waals surface area contributed by atoms with Crippen molar-refractivity contribution in [3.8, 4) is 0 Å². The van der Waals surface area contributed by atoms with Crippen molar-refractivity contribution in [3.63, 3.8) is 0 Å². The van der Waals surface area contributed by atoms with Crippen LogP contribution < -0.4 is 5.73 Å². The molecule has 2 saturated heterocycles. The van der Waals surface area contributed by atoms with Gasteiger partial charge in [0.15, 0.2) is 0 Å². The molecule has 3 N–H and O–H groups in total. The van der Waals surface area contributed by atoms with Gasteiger partial charge in [-0.2, -0.15) is 0 Å². The Morgan fingerprint density at radius 1 is 1.17 bits per heavy atom. The molecule has 1 unspecified atom stereocenters. The minimum atomic E-state index is -0.885. The largest absolute Gasteiger partial charge is 0.481 e. The number of amides is 3. The van der Waals surface area contributed by atoms with Gasteiger partial charge in [0.05, 0.1) is 5.92 Å². The van der Waals surface area contributed by atoms with Gasteiger partial charge in [-0.15, -0.1) is 0 Å². The van der Waals surface area contributed by atoms with E-state index in [0.717, 1.165) is 12.8 Å². The van der Waals surface area contributed by atoms with E-state index in [1.54, 1.807) is 0 Å². The third kappa shape index (κ3) is 2.25. The van der Waals surface area contributed by atoms with E-state index in [1.165, 1.54) is 9.80 Å². The third-order valence-electron chi connectivity index (χ3n) is 3.58. The maximum atomic E-state index is 12.1. The monoisotopic (exact) mass is 255 g/mol. The van der Waals surface area contributed by atoms with Gasteiger partial charge in [0, 0.05) is 19.6 Å². The highest BCUT2D eigenvalue weighted by Crippen LogP contribution is 2.23. The number of likely N-dealkylation sites (tertiary alicyclic amines) is 2. The van der Waals surface area contributed by atoms with Gasteiger partial charge in [-0.05, 0) is 19.3 Å². The van der Waals surface area contributed by atoms with Crippen LogP contribution in [0.25, 0.3) is 0 Å². The maximum absolute atomic E-state index is 12.1. The molecule has 0 saturated carbocycles. The highest BCUT2D eigenvalue weighted by molar-refractivity contribution is 5.87. The molecule has 2 heterocycles. The zero-order chi connectivity index (χ0) is 13.3. The Labute approximate surface area is 105 Å². The standard InChI is InChI=1S/C11H17N3O4/c12-9(15)8-3-1-2-4-14(8)11(18)13-5-7(6-13)10(16)17/h7-8H,1-6H2,(H2,12,15)(H,16,17). The first-order valence-electron chi connectivity index (χ1n) is 6.08. The lowest BCUT2D eigenvalue weighted by Crippen LogP contribution is -2.61. The molecule has 0 aliphatic carbocycles. The Morgan fingerprint density at radius 2 is 1.83 bits per heavy atom. The van der Waals surface area contributed by atoms with Gasteiger partial charge >= 0.3 is 12.0 Å². The predicted octanol–water partition coefficient (Wildman–Crippen LogP) is -0.537. The second kappa shape index (κ2) is 4.83. The molecule has 2 rings (SSSR count). The number of hydrogen-bond donors (Lipinski definition) is 2. The van der Waals surface area contributed by atoms with Crippen molar-refractivity contribution in [3.05, 3.63) is 0 Å². The zero-order valence-corrected chi connectivity index (χ0v) is 10.0. The number of carboxylic acid groups (broad SMARTS) is 1. The van der Waals surface area contributed by atoms with Crippen LogP contribution in [0.4, 0.5) is 4.79 Å².